The number of ether oxygens (including phenoxy) is 2. The predicted octanol–water partition coefficient (Wildman–Crippen LogP) is 5.23. The molecule has 1 fully saturated rings. The van der Waals surface area contributed by atoms with E-state index in [9.17, 15) is 4.79 Å². The van der Waals surface area contributed by atoms with E-state index in [-0.39, 0.29) is 40.7 Å². The number of amides is 1. The molecular weight excluding hydrogens is 565 g/mol. The third kappa shape index (κ3) is 5.72. The maximum Gasteiger partial charge on any atom is 0.271 e. The van der Waals surface area contributed by atoms with Gasteiger partial charge in [0, 0.05) is 25.8 Å². The fourth-order valence-corrected chi connectivity index (χ4v) is 11.0. The Hall–Kier alpha value is -3.57. The van der Waals surface area contributed by atoms with Gasteiger partial charge in [-0.15, -0.1) is 0 Å². The van der Waals surface area contributed by atoms with Crippen molar-refractivity contribution < 1.29 is 27.6 Å². The molecule has 3 atom stereocenters. The normalized spacial score (nSPS) is 18.6. The Morgan fingerprint density at radius 1 is 1.07 bits per heavy atom. The van der Waals surface area contributed by atoms with Crippen molar-refractivity contribution in [2.75, 3.05) is 25.1 Å². The van der Waals surface area contributed by atoms with E-state index < -0.39 is 20.6 Å². The minimum absolute atomic E-state index is 0.0680. The molecule has 10 heteroatoms. The highest BCUT2D eigenvalue weighted by molar-refractivity contribution is 6.99. The van der Waals surface area contributed by atoms with E-state index in [2.05, 4.69) is 55.1 Å². The topological polar surface area (TPSA) is 100 Å². The van der Waals surface area contributed by atoms with E-state index in [1.807, 2.05) is 50.2 Å². The number of rotatable bonds is 9. The van der Waals surface area contributed by atoms with Gasteiger partial charge >= 0.3 is 0 Å². The molecule has 43 heavy (non-hydrogen) atoms. The van der Waals surface area contributed by atoms with Crippen molar-refractivity contribution in [2.24, 2.45) is 5.73 Å². The Balaban J connectivity index is 1.76. The molecule has 0 radical (unpaired) electrons. The maximum absolute atomic E-state index is 15.9. The quantitative estimate of drug-likeness (QED) is 0.261. The van der Waals surface area contributed by atoms with E-state index in [1.165, 1.54) is 7.11 Å². The lowest BCUT2D eigenvalue weighted by Gasteiger charge is -2.43. The summed E-state index contributed by atoms with van der Waals surface area (Å²) in [5.74, 6) is -0.766. The first kappa shape index (κ1) is 30.9. The van der Waals surface area contributed by atoms with Crippen LogP contribution in [0.25, 0.3) is 11.0 Å². The Bertz CT molecular complexity index is 1520. The molecule has 228 valence electrons. The molecule has 0 saturated carbocycles. The van der Waals surface area contributed by atoms with E-state index in [0.717, 1.165) is 10.4 Å². The zero-order valence-electron chi connectivity index (χ0n) is 25.6. The number of aromatic nitrogens is 1. The van der Waals surface area contributed by atoms with Crippen LogP contribution >= 0.6 is 0 Å². The Labute approximate surface area is 253 Å². The summed E-state index contributed by atoms with van der Waals surface area (Å²) in [7, 11) is -1.68. The fourth-order valence-electron chi connectivity index (χ4n) is 6.45. The number of methoxy groups -OCH3 is 1. The van der Waals surface area contributed by atoms with Crippen molar-refractivity contribution in [3.8, 4) is 0 Å². The molecular formula is C33H40FN3O5Si. The minimum atomic E-state index is -2.97. The highest BCUT2D eigenvalue weighted by Crippen LogP contribution is 2.43. The van der Waals surface area contributed by atoms with Crippen molar-refractivity contribution in [3.05, 3.63) is 83.6 Å². The summed E-state index contributed by atoms with van der Waals surface area (Å²) in [6, 6.07) is 22.4. The van der Waals surface area contributed by atoms with Crippen LogP contribution in [0.15, 0.2) is 71.3 Å². The SMILES string of the molecule is COC(F)c1c(N2CC(C)OC(C)C2)c(CO[Si](c2ccccc2)(c2ccccc2)C(C)(C)C)cc2c(C(N)=O)noc12. The average molecular weight is 606 g/mol. The number of morpholine rings is 1. The van der Waals surface area contributed by atoms with Crippen molar-refractivity contribution in [2.45, 2.75) is 64.8 Å². The third-order valence-electron chi connectivity index (χ3n) is 8.11. The van der Waals surface area contributed by atoms with Crippen LogP contribution in [0.5, 0.6) is 0 Å². The monoisotopic (exact) mass is 605 g/mol. The van der Waals surface area contributed by atoms with Gasteiger partial charge in [-0.3, -0.25) is 4.79 Å². The summed E-state index contributed by atoms with van der Waals surface area (Å²) in [5, 5.41) is 6.20. The largest absolute Gasteiger partial charge is 0.403 e. The summed E-state index contributed by atoms with van der Waals surface area (Å²) >= 11 is 0. The number of fused-ring (bicyclic) bond motifs is 1. The van der Waals surface area contributed by atoms with E-state index in [4.69, 9.17) is 24.2 Å². The fraction of sp³-hybridized carbons (Fsp3) is 0.394. The number of alkyl halides is 1. The van der Waals surface area contributed by atoms with Crippen LogP contribution in [0.1, 0.15) is 62.6 Å². The van der Waals surface area contributed by atoms with Crippen LogP contribution in [0.2, 0.25) is 5.04 Å². The van der Waals surface area contributed by atoms with Gasteiger partial charge < -0.3 is 29.1 Å². The number of nitrogens with two attached hydrogens (primary N) is 1. The Kier molecular flexibility index (Phi) is 8.76. The number of hydrogen-bond donors (Lipinski definition) is 1. The summed E-state index contributed by atoms with van der Waals surface area (Å²) in [6.07, 6.45) is -2.06. The van der Waals surface area contributed by atoms with Gasteiger partial charge in [0.2, 0.25) is 6.36 Å². The van der Waals surface area contributed by atoms with Gasteiger partial charge in [-0.25, -0.2) is 4.39 Å². The molecule has 1 saturated heterocycles. The number of carbonyl (C=O) groups excluding carboxylic acids is 1. The minimum Gasteiger partial charge on any atom is -0.403 e. The molecule has 0 aliphatic carbocycles. The van der Waals surface area contributed by atoms with Crippen molar-refractivity contribution in [1.29, 1.82) is 0 Å². The van der Waals surface area contributed by atoms with Gasteiger partial charge in [0.15, 0.2) is 11.3 Å². The lowest BCUT2D eigenvalue weighted by atomic mass is 9.99. The number of hydrogen-bond acceptors (Lipinski definition) is 7. The zero-order chi connectivity index (χ0) is 30.9. The molecule has 3 aromatic carbocycles. The van der Waals surface area contributed by atoms with Crippen molar-refractivity contribution in [1.82, 2.24) is 5.16 Å². The van der Waals surface area contributed by atoms with Crippen molar-refractivity contribution >= 4 is 41.3 Å². The second-order valence-corrected chi connectivity index (χ2v) is 16.5. The molecule has 5 rings (SSSR count). The van der Waals surface area contributed by atoms with Gasteiger partial charge in [0.1, 0.15) is 0 Å². The highest BCUT2D eigenvalue weighted by Gasteiger charge is 2.50. The van der Waals surface area contributed by atoms with Crippen LogP contribution in [0, 0.1) is 0 Å². The van der Waals surface area contributed by atoms with Crippen molar-refractivity contribution in [3.63, 3.8) is 0 Å². The first-order valence-corrected chi connectivity index (χ1v) is 16.5. The summed E-state index contributed by atoms with van der Waals surface area (Å²) < 4.78 is 40.0. The van der Waals surface area contributed by atoms with Gasteiger partial charge in [0.05, 0.1) is 35.5 Å². The summed E-state index contributed by atoms with van der Waals surface area (Å²) in [4.78, 5) is 14.4. The smallest absolute Gasteiger partial charge is 0.271 e. The molecule has 0 bridgehead atoms. The van der Waals surface area contributed by atoms with E-state index >= 15 is 4.39 Å². The molecule has 1 aromatic heterocycles. The van der Waals surface area contributed by atoms with Gasteiger partial charge in [0.25, 0.3) is 14.2 Å². The molecule has 1 aliphatic heterocycles. The number of anilines is 1. The molecule has 1 aliphatic rings. The molecule has 2 heterocycles. The van der Waals surface area contributed by atoms with Crippen LogP contribution in [0.3, 0.4) is 0 Å². The predicted molar refractivity (Wildman–Crippen MR) is 168 cm³/mol. The second-order valence-electron chi connectivity index (χ2n) is 12.2. The van der Waals surface area contributed by atoms with Crippen LogP contribution in [-0.2, 0) is 20.5 Å². The average Bonchev–Trinajstić information content (AvgIpc) is 3.40. The van der Waals surface area contributed by atoms with E-state index in [0.29, 0.717) is 29.7 Å². The third-order valence-corrected chi connectivity index (χ3v) is 13.1. The van der Waals surface area contributed by atoms with Gasteiger partial charge in [-0.1, -0.05) is 86.6 Å². The maximum atomic E-state index is 15.9. The van der Waals surface area contributed by atoms with Crippen LogP contribution < -0.4 is 21.0 Å². The number of nitrogens with zero attached hydrogens (tertiary/aromatic N) is 2. The number of benzene rings is 3. The zero-order valence-corrected chi connectivity index (χ0v) is 26.6. The van der Waals surface area contributed by atoms with Crippen LogP contribution in [-0.4, -0.2) is 51.8 Å². The summed E-state index contributed by atoms with van der Waals surface area (Å²) in [6.45, 7) is 11.7. The lowest BCUT2D eigenvalue weighted by Crippen LogP contribution is -2.66. The molecule has 1 amide bonds. The molecule has 8 nitrogen and oxygen atoms in total. The van der Waals surface area contributed by atoms with Crippen LogP contribution in [0.4, 0.5) is 10.1 Å². The van der Waals surface area contributed by atoms with Gasteiger partial charge in [-0.2, -0.15) is 0 Å². The molecule has 3 unspecified atom stereocenters. The number of carbonyl (C=O) groups is 1. The second kappa shape index (κ2) is 12.2. The molecule has 2 N–H and O–H groups in total. The lowest BCUT2D eigenvalue weighted by molar-refractivity contribution is -0.0112. The van der Waals surface area contributed by atoms with Gasteiger partial charge in [-0.05, 0) is 35.3 Å². The molecule has 0 spiro atoms. The number of primary amides is 1. The first-order chi connectivity index (χ1) is 20.5. The standard InChI is InChI=1S/C33H40FN3O5Si/c1-21-18-37(19-22(2)41-21)29-23(17-26-28(32(35)38)36-42-30(26)27(29)31(34)39-6)20-40-43(33(3,4)5,24-13-9-7-10-14-24)25-15-11-8-12-16-25/h7-17,21-22,31H,18-20H2,1-6H3,(H2,35,38). The van der Waals surface area contributed by atoms with E-state index in [1.54, 1.807) is 6.07 Å². The molecule has 4 aromatic rings. The number of halogens is 1. The summed E-state index contributed by atoms with van der Waals surface area (Å²) in [5.41, 5.74) is 7.15. The highest BCUT2D eigenvalue weighted by atomic mass is 28.4. The first-order valence-electron chi connectivity index (χ1n) is 14.5. The Morgan fingerprint density at radius 3 is 2.12 bits per heavy atom. The Morgan fingerprint density at radius 2 is 1.63 bits per heavy atom.